The first-order valence-electron chi connectivity index (χ1n) is 11.4. The van der Waals surface area contributed by atoms with E-state index in [1.165, 1.54) is 0 Å². The van der Waals surface area contributed by atoms with E-state index in [4.69, 9.17) is 16.3 Å². The molecule has 2 aromatic rings. The molecule has 1 fully saturated rings. The number of Topliss-reactive ketones (excluding diaryl/α,β-unsaturated/α-hetero) is 1. The van der Waals surface area contributed by atoms with Gasteiger partial charge < -0.3 is 19.6 Å². The molecule has 1 atom stereocenters. The molecular formula is C27H31ClN2O4. The molecule has 1 aliphatic rings. The van der Waals surface area contributed by atoms with Crippen molar-refractivity contribution in [3.63, 3.8) is 0 Å². The van der Waals surface area contributed by atoms with Gasteiger partial charge in [-0.25, -0.2) is 0 Å². The van der Waals surface area contributed by atoms with Gasteiger partial charge in [-0.3, -0.25) is 9.59 Å². The van der Waals surface area contributed by atoms with Gasteiger partial charge in [-0.1, -0.05) is 50.2 Å². The summed E-state index contributed by atoms with van der Waals surface area (Å²) in [5, 5.41) is 11.9. The highest BCUT2D eigenvalue weighted by Crippen LogP contribution is 2.40. The zero-order chi connectivity index (χ0) is 24.8. The van der Waals surface area contributed by atoms with Crippen molar-refractivity contribution in [2.45, 2.75) is 26.8 Å². The third-order valence-corrected chi connectivity index (χ3v) is 6.35. The summed E-state index contributed by atoms with van der Waals surface area (Å²) in [7, 11) is 0. The molecule has 0 spiro atoms. The number of ether oxygens (including phenoxy) is 1. The monoisotopic (exact) mass is 482 g/mol. The lowest BCUT2D eigenvalue weighted by Crippen LogP contribution is -2.38. The Bertz CT molecular complexity index is 1090. The predicted octanol–water partition coefficient (Wildman–Crippen LogP) is 4.98. The number of aryl methyl sites for hydroxylation is 1. The lowest BCUT2D eigenvalue weighted by molar-refractivity contribution is -0.140. The lowest BCUT2D eigenvalue weighted by Gasteiger charge is -2.28. The van der Waals surface area contributed by atoms with Crippen LogP contribution in [0.3, 0.4) is 0 Å². The molecule has 1 aliphatic heterocycles. The van der Waals surface area contributed by atoms with Crippen molar-refractivity contribution in [3.05, 3.63) is 82.4 Å². The van der Waals surface area contributed by atoms with Gasteiger partial charge in [-0.05, 0) is 61.5 Å². The fourth-order valence-electron chi connectivity index (χ4n) is 4.18. The van der Waals surface area contributed by atoms with Gasteiger partial charge in [0.1, 0.15) is 18.1 Å². The van der Waals surface area contributed by atoms with E-state index in [0.717, 1.165) is 18.7 Å². The van der Waals surface area contributed by atoms with Crippen molar-refractivity contribution in [2.75, 3.05) is 32.8 Å². The van der Waals surface area contributed by atoms with E-state index < -0.39 is 17.7 Å². The number of rotatable bonds is 10. The Balaban J connectivity index is 2.08. The van der Waals surface area contributed by atoms with Crippen LogP contribution >= 0.6 is 11.6 Å². The SMILES string of the molecule is C=CCOc1ccc(C(O)=C2C(=O)C(=O)N(CCN(CC)CC)[C@H]2c2ccc(Cl)cc2)c(C)c1. The maximum Gasteiger partial charge on any atom is 0.295 e. The quantitative estimate of drug-likeness (QED) is 0.224. The molecule has 0 bridgehead atoms. The molecule has 0 radical (unpaired) electrons. The van der Waals surface area contributed by atoms with Crippen LogP contribution in [0.15, 0.2) is 60.7 Å². The van der Waals surface area contributed by atoms with Gasteiger partial charge in [0.15, 0.2) is 0 Å². The summed E-state index contributed by atoms with van der Waals surface area (Å²) in [6, 6.07) is 11.5. The molecule has 180 valence electrons. The van der Waals surface area contributed by atoms with E-state index in [1.54, 1.807) is 53.4 Å². The summed E-state index contributed by atoms with van der Waals surface area (Å²) in [5.74, 6) is -0.875. The molecule has 0 aliphatic carbocycles. The molecular weight excluding hydrogens is 452 g/mol. The minimum Gasteiger partial charge on any atom is -0.507 e. The van der Waals surface area contributed by atoms with Gasteiger partial charge in [0.25, 0.3) is 11.7 Å². The van der Waals surface area contributed by atoms with E-state index >= 15 is 0 Å². The molecule has 1 N–H and O–H groups in total. The molecule has 6 nitrogen and oxygen atoms in total. The van der Waals surface area contributed by atoms with Gasteiger partial charge in [0.05, 0.1) is 11.6 Å². The van der Waals surface area contributed by atoms with Crippen molar-refractivity contribution in [2.24, 2.45) is 0 Å². The summed E-state index contributed by atoms with van der Waals surface area (Å²) in [5.41, 5.74) is 2.00. The highest BCUT2D eigenvalue weighted by molar-refractivity contribution is 6.46. The van der Waals surface area contributed by atoms with Crippen LogP contribution in [0, 0.1) is 6.92 Å². The van der Waals surface area contributed by atoms with Crippen molar-refractivity contribution in [3.8, 4) is 5.75 Å². The number of hydrogen-bond acceptors (Lipinski definition) is 5. The standard InChI is InChI=1S/C27H31ClN2O4/c1-5-16-34-21-12-13-22(18(4)17-21)25(31)23-24(19-8-10-20(28)11-9-19)30(27(33)26(23)32)15-14-29(6-2)7-3/h5,8-13,17,24,31H,1,6-7,14-16H2,2-4H3/t24-/m0/s1. The Morgan fingerprint density at radius 2 is 1.85 bits per heavy atom. The number of aliphatic hydroxyl groups is 1. The molecule has 1 heterocycles. The molecule has 0 unspecified atom stereocenters. The molecule has 0 aromatic heterocycles. The zero-order valence-electron chi connectivity index (χ0n) is 19.9. The van der Waals surface area contributed by atoms with Crippen LogP contribution < -0.4 is 4.74 Å². The summed E-state index contributed by atoms with van der Waals surface area (Å²) < 4.78 is 5.57. The zero-order valence-corrected chi connectivity index (χ0v) is 20.6. The normalized spacial score (nSPS) is 17.4. The fourth-order valence-corrected chi connectivity index (χ4v) is 4.31. The summed E-state index contributed by atoms with van der Waals surface area (Å²) in [6.07, 6.45) is 1.65. The van der Waals surface area contributed by atoms with E-state index in [2.05, 4.69) is 25.3 Å². The molecule has 0 saturated carbocycles. The van der Waals surface area contributed by atoms with Crippen LogP contribution in [0.5, 0.6) is 5.75 Å². The Morgan fingerprint density at radius 3 is 2.44 bits per heavy atom. The number of carbonyl (C=O) groups excluding carboxylic acids is 2. The highest BCUT2D eigenvalue weighted by Gasteiger charge is 2.46. The third kappa shape index (κ3) is 5.34. The Morgan fingerprint density at radius 1 is 1.18 bits per heavy atom. The van der Waals surface area contributed by atoms with Gasteiger partial charge in [-0.15, -0.1) is 0 Å². The van der Waals surface area contributed by atoms with Gasteiger partial charge in [-0.2, -0.15) is 0 Å². The first-order valence-corrected chi connectivity index (χ1v) is 11.8. The molecule has 1 saturated heterocycles. The fraction of sp³-hybridized carbons (Fsp3) is 0.333. The third-order valence-electron chi connectivity index (χ3n) is 6.10. The number of likely N-dealkylation sites (N-methyl/N-ethyl adjacent to an activating group) is 1. The highest BCUT2D eigenvalue weighted by atomic mass is 35.5. The number of amides is 1. The second kappa shape index (κ2) is 11.4. The number of aliphatic hydroxyl groups excluding tert-OH is 1. The molecule has 34 heavy (non-hydrogen) atoms. The number of likely N-dealkylation sites (tertiary alicyclic amines) is 1. The minimum atomic E-state index is -0.705. The van der Waals surface area contributed by atoms with Crippen molar-refractivity contribution in [1.82, 2.24) is 9.80 Å². The first kappa shape index (κ1) is 25.5. The second-order valence-electron chi connectivity index (χ2n) is 8.15. The van der Waals surface area contributed by atoms with Gasteiger partial charge in [0, 0.05) is 23.7 Å². The molecule has 7 heteroatoms. The van der Waals surface area contributed by atoms with Crippen molar-refractivity contribution >= 4 is 29.1 Å². The van der Waals surface area contributed by atoms with E-state index in [9.17, 15) is 14.7 Å². The Labute approximate surface area is 206 Å². The molecule has 3 rings (SSSR count). The van der Waals surface area contributed by atoms with Crippen LogP contribution in [-0.4, -0.2) is 59.4 Å². The Kier molecular flexibility index (Phi) is 8.53. The maximum atomic E-state index is 13.2. The predicted molar refractivity (Wildman–Crippen MR) is 135 cm³/mol. The number of halogens is 1. The summed E-state index contributed by atoms with van der Waals surface area (Å²) in [4.78, 5) is 30.0. The number of nitrogens with zero attached hydrogens (tertiary/aromatic N) is 2. The number of carbonyl (C=O) groups is 2. The largest absolute Gasteiger partial charge is 0.507 e. The average Bonchev–Trinajstić information content (AvgIpc) is 3.08. The summed E-state index contributed by atoms with van der Waals surface area (Å²) in [6.45, 7) is 12.6. The van der Waals surface area contributed by atoms with Gasteiger partial charge in [0.2, 0.25) is 0 Å². The topological polar surface area (TPSA) is 70.1 Å². The van der Waals surface area contributed by atoms with E-state index in [1.807, 2.05) is 6.92 Å². The Hall–Kier alpha value is -3.09. The van der Waals surface area contributed by atoms with Crippen LogP contribution in [0.4, 0.5) is 0 Å². The van der Waals surface area contributed by atoms with E-state index in [0.29, 0.717) is 41.6 Å². The average molecular weight is 483 g/mol. The van der Waals surface area contributed by atoms with Gasteiger partial charge >= 0.3 is 0 Å². The van der Waals surface area contributed by atoms with Crippen molar-refractivity contribution < 1.29 is 19.4 Å². The smallest absolute Gasteiger partial charge is 0.295 e. The minimum absolute atomic E-state index is 0.0785. The number of hydrogen-bond donors (Lipinski definition) is 1. The van der Waals surface area contributed by atoms with Crippen LogP contribution in [0.25, 0.3) is 5.76 Å². The van der Waals surface area contributed by atoms with Crippen LogP contribution in [0.2, 0.25) is 5.02 Å². The number of benzene rings is 2. The lowest BCUT2D eigenvalue weighted by atomic mass is 9.94. The van der Waals surface area contributed by atoms with Crippen LogP contribution in [0.1, 0.15) is 36.6 Å². The first-order chi connectivity index (χ1) is 16.3. The summed E-state index contributed by atoms with van der Waals surface area (Å²) >= 11 is 6.09. The van der Waals surface area contributed by atoms with E-state index in [-0.39, 0.29) is 11.3 Å². The molecule has 1 amide bonds. The maximum absolute atomic E-state index is 13.2. The molecule has 2 aromatic carbocycles. The van der Waals surface area contributed by atoms with Crippen molar-refractivity contribution in [1.29, 1.82) is 0 Å². The second-order valence-corrected chi connectivity index (χ2v) is 8.58. The van der Waals surface area contributed by atoms with Crippen LogP contribution in [-0.2, 0) is 9.59 Å². The number of ketones is 1.